The van der Waals surface area contributed by atoms with Crippen LogP contribution in [0.1, 0.15) is 104 Å². The van der Waals surface area contributed by atoms with Crippen LogP contribution in [0.3, 0.4) is 0 Å². The first-order valence-corrected chi connectivity index (χ1v) is 25.9. The first kappa shape index (κ1) is 52.2. The molecule has 8 rings (SSSR count). The molecule has 15 nitrogen and oxygen atoms in total. The molecule has 0 radical (unpaired) electrons. The van der Waals surface area contributed by atoms with Gasteiger partial charge in [0.2, 0.25) is 11.8 Å². The van der Waals surface area contributed by atoms with Crippen molar-refractivity contribution in [3.05, 3.63) is 77.6 Å². The smallest absolute Gasteiger partial charge is 0.324 e. The molecule has 2 N–H and O–H groups in total. The highest BCUT2D eigenvalue weighted by molar-refractivity contribution is 5.97. The lowest BCUT2D eigenvalue weighted by atomic mass is 9.84. The maximum absolute atomic E-state index is 14.8. The molecule has 4 amide bonds. The number of rotatable bonds is 10. The van der Waals surface area contributed by atoms with Crippen molar-refractivity contribution in [2.24, 2.45) is 17.3 Å². The van der Waals surface area contributed by atoms with Gasteiger partial charge in [0, 0.05) is 87.9 Å². The minimum Gasteiger partial charge on any atom is -0.464 e. The molecule has 3 fully saturated rings. The molecule has 4 aliphatic rings. The molecular formula is C57H74N8O7. The molecule has 3 saturated heterocycles. The zero-order valence-electron chi connectivity index (χ0n) is 44.0. The molecule has 72 heavy (non-hydrogen) atoms. The number of hydrogen-bond donors (Lipinski definition) is 2. The molecule has 0 saturated carbocycles. The van der Waals surface area contributed by atoms with Gasteiger partial charge >= 0.3 is 5.97 Å². The molecule has 6 heterocycles. The first-order valence-electron chi connectivity index (χ1n) is 25.9. The summed E-state index contributed by atoms with van der Waals surface area (Å²) in [6, 6.07) is 15.9. The van der Waals surface area contributed by atoms with Crippen LogP contribution in [0.5, 0.6) is 0 Å². The third-order valence-corrected chi connectivity index (χ3v) is 15.2. The van der Waals surface area contributed by atoms with Crippen molar-refractivity contribution in [1.29, 1.82) is 0 Å². The van der Waals surface area contributed by atoms with Gasteiger partial charge in [0.15, 0.2) is 0 Å². The summed E-state index contributed by atoms with van der Waals surface area (Å²) >= 11 is 0. The SMILES string of the molecule is CCn1c(-c2cccnc2[C@H](C)OC)c2c3cc(ccc31)-c1cccc(c1)C[C@H](NC(=O)C(C(C)C)N(C)C(=O)C1CCN(C(=O)C#CC(C)(C)N3CCC3)C1)C(=O)N1CCC[C@H](N1)C(=O)OCC(C)(C)C2. The molecule has 2 unspecified atom stereocenters. The highest BCUT2D eigenvalue weighted by Gasteiger charge is 2.41. The Bertz CT molecular complexity index is 2770. The Labute approximate surface area is 425 Å². The van der Waals surface area contributed by atoms with Gasteiger partial charge in [-0.25, -0.2) is 5.43 Å². The van der Waals surface area contributed by atoms with Crippen molar-refractivity contribution in [2.75, 3.05) is 53.5 Å². The maximum atomic E-state index is 14.8. The minimum absolute atomic E-state index is 0.133. The Balaban J connectivity index is 1.11. The number of carbonyl (C=O) groups excluding carboxylic acids is 5. The summed E-state index contributed by atoms with van der Waals surface area (Å²) in [5.74, 6) is 3.28. The fourth-order valence-electron chi connectivity index (χ4n) is 11.0. The second kappa shape index (κ2) is 21.6. The normalized spacial score (nSPS) is 21.5. The molecule has 0 aliphatic carbocycles. The van der Waals surface area contributed by atoms with E-state index < -0.39 is 52.8 Å². The van der Waals surface area contributed by atoms with E-state index in [-0.39, 0.29) is 43.4 Å². The molecule has 384 valence electrons. The van der Waals surface area contributed by atoms with Crippen molar-refractivity contribution in [3.63, 3.8) is 0 Å². The number of likely N-dealkylation sites (N-methyl/N-ethyl adjacent to an activating group) is 1. The second-order valence-corrected chi connectivity index (χ2v) is 21.9. The Hall–Kier alpha value is -6.08. The van der Waals surface area contributed by atoms with Crippen LogP contribution in [0.4, 0.5) is 0 Å². The Morgan fingerprint density at radius 2 is 1.76 bits per heavy atom. The zero-order chi connectivity index (χ0) is 51.6. The Morgan fingerprint density at radius 1 is 1.00 bits per heavy atom. The van der Waals surface area contributed by atoms with Crippen LogP contribution in [0.25, 0.3) is 33.3 Å². The predicted octanol–water partition coefficient (Wildman–Crippen LogP) is 6.57. The summed E-state index contributed by atoms with van der Waals surface area (Å²) in [4.78, 5) is 81.2. The van der Waals surface area contributed by atoms with Crippen molar-refractivity contribution in [2.45, 2.75) is 130 Å². The van der Waals surface area contributed by atoms with Gasteiger partial charge in [0.25, 0.3) is 11.8 Å². The van der Waals surface area contributed by atoms with E-state index in [1.54, 1.807) is 25.3 Å². The number of carbonyl (C=O) groups is 5. The number of aromatic nitrogens is 2. The van der Waals surface area contributed by atoms with Gasteiger partial charge in [-0.2, -0.15) is 0 Å². The van der Waals surface area contributed by atoms with E-state index in [0.717, 1.165) is 69.6 Å². The highest BCUT2D eigenvalue weighted by atomic mass is 16.5. The summed E-state index contributed by atoms with van der Waals surface area (Å²) in [7, 11) is 3.32. The van der Waals surface area contributed by atoms with Crippen LogP contribution in [0, 0.1) is 29.1 Å². The van der Waals surface area contributed by atoms with Gasteiger partial charge in [-0.15, -0.1) is 0 Å². The molecule has 6 bridgehead atoms. The minimum atomic E-state index is -1.06. The van der Waals surface area contributed by atoms with Gasteiger partial charge in [-0.05, 0) is 118 Å². The highest BCUT2D eigenvalue weighted by Crippen LogP contribution is 2.42. The van der Waals surface area contributed by atoms with Gasteiger partial charge in [-0.1, -0.05) is 63.9 Å². The van der Waals surface area contributed by atoms with Gasteiger partial charge < -0.3 is 29.2 Å². The van der Waals surface area contributed by atoms with Crippen LogP contribution in [-0.4, -0.2) is 136 Å². The van der Waals surface area contributed by atoms with Gasteiger partial charge in [0.05, 0.1) is 35.6 Å². The summed E-state index contributed by atoms with van der Waals surface area (Å²) in [6.45, 7) is 19.8. The Kier molecular flexibility index (Phi) is 15.6. The number of hydrazine groups is 1. The summed E-state index contributed by atoms with van der Waals surface area (Å²) in [5, 5.41) is 5.61. The quantitative estimate of drug-likeness (QED) is 0.132. The van der Waals surface area contributed by atoms with Crippen LogP contribution in [0.15, 0.2) is 60.8 Å². The number of nitrogens with one attached hydrogen (secondary N) is 2. The van der Waals surface area contributed by atoms with Crippen molar-refractivity contribution in [1.82, 2.24) is 40.0 Å². The number of esters is 1. The number of fused-ring (bicyclic) bond motifs is 6. The summed E-state index contributed by atoms with van der Waals surface area (Å²) in [6.07, 6.45) is 4.86. The number of nitrogens with zero attached hydrogens (tertiary/aromatic N) is 6. The predicted molar refractivity (Wildman–Crippen MR) is 278 cm³/mol. The second-order valence-electron chi connectivity index (χ2n) is 21.9. The molecule has 5 atom stereocenters. The molecule has 2 aromatic carbocycles. The summed E-state index contributed by atoms with van der Waals surface area (Å²) < 4.78 is 14.3. The van der Waals surface area contributed by atoms with Crippen LogP contribution in [-0.2, 0) is 52.8 Å². The number of cyclic esters (lactones) is 1. The number of hydrogen-bond acceptors (Lipinski definition) is 10. The standard InChI is InChI=1S/C57H74N8O7/c1-11-64-47-21-20-40-32-43(47)44(51(64)42-18-13-25-58-49(42)37(4)71-10)33-56(5,6)35-72-55(70)45-19-14-28-65(60-45)54(69)46(31-38-16-12-17-39(40)30-38)59-52(67)50(36(2)3)61(9)53(68)41-23-29-62(34-41)48(66)22-24-57(7,8)63-26-15-27-63/h12-13,16-18,20-21,25,30,32,36-37,41,45-46,50,60H,11,14-15,19,23,26-29,31,33-35H2,1-10H3,(H,59,67)/t37-,41?,45-,46-,50?/m0/s1. The molecule has 4 aromatic rings. The number of amides is 4. The zero-order valence-corrected chi connectivity index (χ0v) is 44.0. The molecule has 4 aliphatic heterocycles. The number of likely N-dealkylation sites (tertiary alicyclic amines) is 2. The van der Waals surface area contributed by atoms with E-state index in [1.807, 2.05) is 52.8 Å². The number of ether oxygens (including phenoxy) is 2. The molecule has 0 spiro atoms. The number of benzene rings is 2. The lowest BCUT2D eigenvalue weighted by Gasteiger charge is -2.41. The number of methoxy groups -OCH3 is 1. The van der Waals surface area contributed by atoms with Crippen LogP contribution >= 0.6 is 0 Å². The lowest BCUT2D eigenvalue weighted by Crippen LogP contribution is -2.62. The van der Waals surface area contributed by atoms with Crippen molar-refractivity contribution < 1.29 is 33.4 Å². The average molecular weight is 983 g/mol. The Morgan fingerprint density at radius 3 is 2.47 bits per heavy atom. The number of aryl methyl sites for hydroxylation is 1. The fraction of sp³-hybridized carbons (Fsp3) is 0.544. The van der Waals surface area contributed by atoms with Crippen molar-refractivity contribution in [3.8, 4) is 34.2 Å². The summed E-state index contributed by atoms with van der Waals surface area (Å²) in [5.41, 5.74) is 10.1. The third-order valence-electron chi connectivity index (χ3n) is 15.2. The maximum Gasteiger partial charge on any atom is 0.324 e. The third kappa shape index (κ3) is 11.0. The topological polar surface area (TPSA) is 159 Å². The van der Waals surface area contributed by atoms with Crippen LogP contribution in [0.2, 0.25) is 0 Å². The van der Waals surface area contributed by atoms with Gasteiger partial charge in [-0.3, -0.25) is 38.9 Å². The van der Waals surface area contributed by atoms with E-state index in [4.69, 9.17) is 14.5 Å². The monoisotopic (exact) mass is 983 g/mol. The fourth-order valence-corrected chi connectivity index (χ4v) is 11.0. The van der Waals surface area contributed by atoms with Crippen LogP contribution < -0.4 is 10.7 Å². The van der Waals surface area contributed by atoms with E-state index in [2.05, 4.69) is 89.2 Å². The van der Waals surface area contributed by atoms with E-state index in [1.165, 1.54) is 9.91 Å². The first-order chi connectivity index (χ1) is 34.3. The molecular weight excluding hydrogens is 909 g/mol. The average Bonchev–Trinajstić information content (AvgIpc) is 3.96. The lowest BCUT2D eigenvalue weighted by molar-refractivity contribution is -0.155. The molecule has 2 aromatic heterocycles. The van der Waals surface area contributed by atoms with Crippen molar-refractivity contribution >= 4 is 40.5 Å². The van der Waals surface area contributed by atoms with E-state index in [9.17, 15) is 24.0 Å². The number of pyridine rings is 1. The van der Waals surface area contributed by atoms with E-state index in [0.29, 0.717) is 45.3 Å². The molecule has 15 heteroatoms. The largest absolute Gasteiger partial charge is 0.464 e. The van der Waals surface area contributed by atoms with Gasteiger partial charge in [0.1, 0.15) is 18.1 Å². The van der Waals surface area contributed by atoms with E-state index >= 15 is 0 Å².